The van der Waals surface area contributed by atoms with Gasteiger partial charge in [0, 0.05) is 28.7 Å². The summed E-state index contributed by atoms with van der Waals surface area (Å²) in [6.45, 7) is 1.44. The molecule has 1 aromatic heterocycles. The van der Waals surface area contributed by atoms with Gasteiger partial charge in [0.25, 0.3) is 5.91 Å². The van der Waals surface area contributed by atoms with Crippen LogP contribution in [0, 0.1) is 0 Å². The SMILES string of the molecule is O=C(NC[C@@H](c1cccs1)N1CCc2ccccc21)c1cc(Cl)ccc1Cl. The van der Waals surface area contributed by atoms with E-state index in [1.165, 1.54) is 16.1 Å². The predicted octanol–water partition coefficient (Wildman–Crippen LogP) is 5.59. The Balaban J connectivity index is 1.57. The third-order valence-electron chi connectivity index (χ3n) is 4.80. The quantitative estimate of drug-likeness (QED) is 0.587. The van der Waals surface area contributed by atoms with Crippen LogP contribution in [-0.4, -0.2) is 19.0 Å². The summed E-state index contributed by atoms with van der Waals surface area (Å²) in [6.07, 6.45) is 1.02. The van der Waals surface area contributed by atoms with Crippen LogP contribution >= 0.6 is 34.5 Å². The minimum Gasteiger partial charge on any atom is -0.361 e. The third kappa shape index (κ3) is 3.84. The summed E-state index contributed by atoms with van der Waals surface area (Å²) in [4.78, 5) is 16.3. The van der Waals surface area contributed by atoms with Gasteiger partial charge < -0.3 is 10.2 Å². The van der Waals surface area contributed by atoms with Gasteiger partial charge in [0.15, 0.2) is 0 Å². The van der Waals surface area contributed by atoms with Gasteiger partial charge in [-0.3, -0.25) is 4.79 Å². The number of amides is 1. The lowest BCUT2D eigenvalue weighted by Crippen LogP contribution is -2.37. The Labute approximate surface area is 172 Å². The van der Waals surface area contributed by atoms with Gasteiger partial charge in [-0.2, -0.15) is 0 Å². The monoisotopic (exact) mass is 416 g/mol. The van der Waals surface area contributed by atoms with Crippen molar-refractivity contribution in [2.75, 3.05) is 18.0 Å². The van der Waals surface area contributed by atoms with Crippen molar-refractivity contribution in [1.82, 2.24) is 5.32 Å². The molecule has 3 nitrogen and oxygen atoms in total. The van der Waals surface area contributed by atoms with Gasteiger partial charge in [0.2, 0.25) is 0 Å². The van der Waals surface area contributed by atoms with Crippen LogP contribution in [0.2, 0.25) is 10.0 Å². The van der Waals surface area contributed by atoms with Gasteiger partial charge >= 0.3 is 0 Å². The number of carbonyl (C=O) groups is 1. The molecule has 0 radical (unpaired) electrons. The van der Waals surface area contributed by atoms with E-state index in [0.29, 0.717) is 22.2 Å². The fraction of sp³-hybridized carbons (Fsp3) is 0.190. The minimum absolute atomic E-state index is 0.0792. The summed E-state index contributed by atoms with van der Waals surface area (Å²) in [5.41, 5.74) is 2.99. The van der Waals surface area contributed by atoms with Gasteiger partial charge in [-0.1, -0.05) is 47.5 Å². The first-order chi connectivity index (χ1) is 13.1. The van der Waals surface area contributed by atoms with Gasteiger partial charge in [-0.15, -0.1) is 11.3 Å². The van der Waals surface area contributed by atoms with Crippen molar-refractivity contribution in [1.29, 1.82) is 0 Å². The number of nitrogens with one attached hydrogen (secondary N) is 1. The molecule has 27 heavy (non-hydrogen) atoms. The minimum atomic E-state index is -0.212. The highest BCUT2D eigenvalue weighted by Crippen LogP contribution is 2.36. The van der Waals surface area contributed by atoms with Gasteiger partial charge in [0.05, 0.1) is 16.6 Å². The zero-order chi connectivity index (χ0) is 18.8. The highest BCUT2D eigenvalue weighted by atomic mass is 35.5. The molecule has 0 saturated carbocycles. The zero-order valence-electron chi connectivity index (χ0n) is 14.5. The Kier molecular flexibility index (Phi) is 5.39. The molecule has 0 fully saturated rings. The summed E-state index contributed by atoms with van der Waals surface area (Å²) < 4.78 is 0. The molecule has 1 aliphatic heterocycles. The molecule has 1 amide bonds. The number of carbonyl (C=O) groups excluding carboxylic acids is 1. The highest BCUT2D eigenvalue weighted by molar-refractivity contribution is 7.10. The van der Waals surface area contributed by atoms with E-state index < -0.39 is 0 Å². The van der Waals surface area contributed by atoms with Crippen LogP contribution in [0.1, 0.15) is 26.8 Å². The Hall–Kier alpha value is -2.01. The standard InChI is InChI=1S/C21H18Cl2N2OS/c22-15-7-8-17(23)16(12-15)21(26)24-13-19(20-6-3-11-27-20)25-10-9-14-4-1-2-5-18(14)25/h1-8,11-12,19H,9-10,13H2,(H,24,26)/t19-/m0/s1. The molecular formula is C21H18Cl2N2OS. The number of thiophene rings is 1. The van der Waals surface area contributed by atoms with E-state index in [9.17, 15) is 4.79 Å². The summed E-state index contributed by atoms with van der Waals surface area (Å²) in [6, 6.07) is 17.6. The molecular weight excluding hydrogens is 399 g/mol. The Morgan fingerprint density at radius 1 is 1.15 bits per heavy atom. The van der Waals surface area contributed by atoms with Crippen molar-refractivity contribution in [3.63, 3.8) is 0 Å². The molecule has 2 aromatic carbocycles. The first kappa shape index (κ1) is 18.4. The number of para-hydroxylation sites is 1. The maximum Gasteiger partial charge on any atom is 0.252 e. The maximum absolute atomic E-state index is 12.7. The van der Waals surface area contributed by atoms with Crippen LogP contribution in [0.3, 0.4) is 0 Å². The fourth-order valence-electron chi connectivity index (χ4n) is 3.49. The molecule has 3 aromatic rings. The lowest BCUT2D eigenvalue weighted by atomic mass is 10.1. The van der Waals surface area contributed by atoms with Crippen molar-refractivity contribution >= 4 is 46.1 Å². The number of fused-ring (bicyclic) bond motifs is 1. The molecule has 138 valence electrons. The van der Waals surface area contributed by atoms with Crippen molar-refractivity contribution in [3.8, 4) is 0 Å². The van der Waals surface area contributed by atoms with E-state index in [-0.39, 0.29) is 11.9 Å². The van der Waals surface area contributed by atoms with Crippen molar-refractivity contribution < 1.29 is 4.79 Å². The topological polar surface area (TPSA) is 32.3 Å². The zero-order valence-corrected chi connectivity index (χ0v) is 16.8. The molecule has 1 atom stereocenters. The van der Waals surface area contributed by atoms with E-state index in [4.69, 9.17) is 23.2 Å². The van der Waals surface area contributed by atoms with E-state index >= 15 is 0 Å². The highest BCUT2D eigenvalue weighted by Gasteiger charge is 2.28. The smallest absolute Gasteiger partial charge is 0.252 e. The van der Waals surface area contributed by atoms with Gasteiger partial charge in [0.1, 0.15) is 0 Å². The predicted molar refractivity (Wildman–Crippen MR) is 113 cm³/mol. The van der Waals surface area contributed by atoms with Crippen molar-refractivity contribution in [2.24, 2.45) is 0 Å². The van der Waals surface area contributed by atoms with Crippen LogP contribution in [-0.2, 0) is 6.42 Å². The van der Waals surface area contributed by atoms with E-state index in [2.05, 4.69) is 45.9 Å². The Bertz CT molecular complexity index is 959. The molecule has 4 rings (SSSR count). The van der Waals surface area contributed by atoms with Crippen LogP contribution in [0.5, 0.6) is 0 Å². The molecule has 0 spiro atoms. The van der Waals surface area contributed by atoms with E-state index in [1.54, 1.807) is 29.5 Å². The first-order valence-electron chi connectivity index (χ1n) is 8.74. The maximum atomic E-state index is 12.7. The number of rotatable bonds is 5. The number of benzene rings is 2. The van der Waals surface area contributed by atoms with Crippen molar-refractivity contribution in [2.45, 2.75) is 12.5 Å². The molecule has 0 aliphatic carbocycles. The number of hydrogen-bond donors (Lipinski definition) is 1. The lowest BCUT2D eigenvalue weighted by Gasteiger charge is -2.30. The van der Waals surface area contributed by atoms with Gasteiger partial charge in [-0.05, 0) is 47.7 Å². The summed E-state index contributed by atoms with van der Waals surface area (Å²) in [5.74, 6) is -0.212. The van der Waals surface area contributed by atoms with E-state index in [0.717, 1.165) is 13.0 Å². The Morgan fingerprint density at radius 2 is 2.00 bits per heavy atom. The average Bonchev–Trinajstić information content (AvgIpc) is 3.34. The summed E-state index contributed by atoms with van der Waals surface area (Å²) in [5, 5.41) is 6.01. The van der Waals surface area contributed by atoms with E-state index in [1.807, 2.05) is 6.07 Å². The third-order valence-corrected chi connectivity index (χ3v) is 6.34. The number of halogens is 2. The second-order valence-electron chi connectivity index (χ2n) is 6.44. The van der Waals surface area contributed by atoms with Crippen LogP contribution in [0.4, 0.5) is 5.69 Å². The van der Waals surface area contributed by atoms with Crippen LogP contribution in [0.25, 0.3) is 0 Å². The first-order valence-corrected chi connectivity index (χ1v) is 10.4. The molecule has 1 aliphatic rings. The fourth-order valence-corrected chi connectivity index (χ4v) is 4.70. The second kappa shape index (κ2) is 7.93. The molecule has 2 heterocycles. The molecule has 6 heteroatoms. The number of nitrogens with zero attached hydrogens (tertiary/aromatic N) is 1. The molecule has 0 unspecified atom stereocenters. The second-order valence-corrected chi connectivity index (χ2v) is 8.26. The average molecular weight is 417 g/mol. The lowest BCUT2D eigenvalue weighted by molar-refractivity contribution is 0.0951. The number of anilines is 1. The summed E-state index contributed by atoms with van der Waals surface area (Å²) in [7, 11) is 0. The van der Waals surface area contributed by atoms with Crippen molar-refractivity contribution in [3.05, 3.63) is 86.0 Å². The van der Waals surface area contributed by atoms with Crippen LogP contribution < -0.4 is 10.2 Å². The van der Waals surface area contributed by atoms with Gasteiger partial charge in [-0.25, -0.2) is 0 Å². The number of hydrogen-bond acceptors (Lipinski definition) is 3. The Morgan fingerprint density at radius 3 is 2.81 bits per heavy atom. The molecule has 0 bridgehead atoms. The largest absolute Gasteiger partial charge is 0.361 e. The molecule has 0 saturated heterocycles. The van der Waals surface area contributed by atoms with Crippen LogP contribution in [0.15, 0.2) is 60.0 Å². The molecule has 1 N–H and O–H groups in total. The normalized spacial score (nSPS) is 14.1. The summed E-state index contributed by atoms with van der Waals surface area (Å²) >= 11 is 13.9.